The van der Waals surface area contributed by atoms with Gasteiger partial charge in [0.05, 0.1) is 18.9 Å². The standard InChI is InChI=1S/C34H39NO4/c36-33-27-16-15-26(38-20-18-23-8-3-1-4-9-23)22-28(27)34(37)31(33)29-17-14-25-12-7-13-30(32(25)35-29)39-21-19-24-10-5-2-6-11-24/h7,12-17,22-24,31H,1-6,8-11,18-21H2. The van der Waals surface area contributed by atoms with Gasteiger partial charge in [-0.1, -0.05) is 82.4 Å². The van der Waals surface area contributed by atoms with Crippen LogP contribution in [0.1, 0.15) is 109 Å². The van der Waals surface area contributed by atoms with Crippen LogP contribution >= 0.6 is 0 Å². The smallest absolute Gasteiger partial charge is 0.180 e. The van der Waals surface area contributed by atoms with Crippen molar-refractivity contribution in [3.8, 4) is 11.5 Å². The topological polar surface area (TPSA) is 65.5 Å². The van der Waals surface area contributed by atoms with E-state index in [1.54, 1.807) is 12.1 Å². The molecule has 3 aromatic rings. The molecule has 6 rings (SSSR count). The Kier molecular flexibility index (Phi) is 7.94. The summed E-state index contributed by atoms with van der Waals surface area (Å²) >= 11 is 0. The van der Waals surface area contributed by atoms with Gasteiger partial charge >= 0.3 is 0 Å². The second-order valence-corrected chi connectivity index (χ2v) is 11.7. The normalized spacial score (nSPS) is 20.4. The summed E-state index contributed by atoms with van der Waals surface area (Å²) in [6.45, 7) is 1.30. The van der Waals surface area contributed by atoms with Gasteiger partial charge in [0.15, 0.2) is 11.6 Å². The maximum absolute atomic E-state index is 13.5. The first-order valence-electron chi connectivity index (χ1n) is 15.0. The summed E-state index contributed by atoms with van der Waals surface area (Å²) in [5.41, 5.74) is 2.10. The fourth-order valence-electron chi connectivity index (χ4n) is 6.77. The third-order valence-corrected chi connectivity index (χ3v) is 9.07. The zero-order valence-electron chi connectivity index (χ0n) is 22.8. The number of para-hydroxylation sites is 1. The molecule has 1 aromatic heterocycles. The molecule has 0 N–H and O–H groups in total. The highest BCUT2D eigenvalue weighted by atomic mass is 16.5. The third kappa shape index (κ3) is 5.73. The fraction of sp³-hybridized carbons (Fsp3) is 0.500. The minimum atomic E-state index is -0.919. The van der Waals surface area contributed by atoms with Gasteiger partial charge in [-0.05, 0) is 55.0 Å². The van der Waals surface area contributed by atoms with Gasteiger partial charge in [-0.2, -0.15) is 0 Å². The van der Waals surface area contributed by atoms with E-state index in [4.69, 9.17) is 14.5 Å². The molecule has 39 heavy (non-hydrogen) atoms. The van der Waals surface area contributed by atoms with Gasteiger partial charge in [0.2, 0.25) is 0 Å². The second kappa shape index (κ2) is 11.9. The van der Waals surface area contributed by atoms with Gasteiger partial charge in [-0.3, -0.25) is 9.59 Å². The predicted molar refractivity (Wildman–Crippen MR) is 153 cm³/mol. The molecular weight excluding hydrogens is 486 g/mol. The van der Waals surface area contributed by atoms with Crippen LogP contribution < -0.4 is 9.47 Å². The minimum absolute atomic E-state index is 0.189. The average molecular weight is 526 g/mol. The lowest BCUT2D eigenvalue weighted by Crippen LogP contribution is -2.14. The van der Waals surface area contributed by atoms with Crippen LogP contribution in [0.15, 0.2) is 48.5 Å². The molecule has 0 saturated heterocycles. The summed E-state index contributed by atoms with van der Waals surface area (Å²) < 4.78 is 12.2. The highest BCUT2D eigenvalue weighted by Gasteiger charge is 2.41. The van der Waals surface area contributed by atoms with Crippen LogP contribution in [0, 0.1) is 11.8 Å². The number of aromatic nitrogens is 1. The number of ketones is 2. The van der Waals surface area contributed by atoms with Crippen molar-refractivity contribution < 1.29 is 19.1 Å². The van der Waals surface area contributed by atoms with E-state index >= 15 is 0 Å². The Bertz CT molecular complexity index is 1340. The number of benzene rings is 2. The Hall–Kier alpha value is -3.21. The number of rotatable bonds is 9. The Balaban J connectivity index is 1.16. The molecule has 3 aliphatic carbocycles. The summed E-state index contributed by atoms with van der Waals surface area (Å²) in [4.78, 5) is 31.7. The van der Waals surface area contributed by atoms with Crippen molar-refractivity contribution in [2.75, 3.05) is 13.2 Å². The first-order valence-corrected chi connectivity index (χ1v) is 15.0. The molecule has 2 fully saturated rings. The molecule has 0 spiro atoms. The molecule has 204 valence electrons. The molecule has 1 unspecified atom stereocenters. The highest BCUT2D eigenvalue weighted by molar-refractivity contribution is 6.29. The van der Waals surface area contributed by atoms with E-state index in [2.05, 4.69) is 0 Å². The van der Waals surface area contributed by atoms with Crippen LogP contribution in [0.3, 0.4) is 0 Å². The third-order valence-electron chi connectivity index (χ3n) is 9.07. The molecule has 1 atom stereocenters. The lowest BCUT2D eigenvalue weighted by Gasteiger charge is -2.21. The van der Waals surface area contributed by atoms with Crippen LogP contribution in [0.2, 0.25) is 0 Å². The first kappa shape index (κ1) is 26.0. The first-order chi connectivity index (χ1) is 19.2. The second-order valence-electron chi connectivity index (χ2n) is 11.7. The van der Waals surface area contributed by atoms with E-state index in [1.165, 1.54) is 64.2 Å². The van der Waals surface area contributed by atoms with Crippen LogP contribution in [-0.4, -0.2) is 29.8 Å². The zero-order valence-corrected chi connectivity index (χ0v) is 22.8. The minimum Gasteiger partial charge on any atom is -0.494 e. The summed E-state index contributed by atoms with van der Waals surface area (Å²) in [5.74, 6) is 1.55. The highest BCUT2D eigenvalue weighted by Crippen LogP contribution is 2.37. The van der Waals surface area contributed by atoms with Crippen molar-refractivity contribution in [1.82, 2.24) is 4.98 Å². The largest absolute Gasteiger partial charge is 0.494 e. The lowest BCUT2D eigenvalue weighted by molar-refractivity contribution is 0.0888. The van der Waals surface area contributed by atoms with E-state index in [-0.39, 0.29) is 11.6 Å². The van der Waals surface area contributed by atoms with E-state index < -0.39 is 5.92 Å². The molecule has 0 aliphatic heterocycles. The van der Waals surface area contributed by atoms with Crippen molar-refractivity contribution >= 4 is 22.5 Å². The molecule has 5 nitrogen and oxygen atoms in total. The number of fused-ring (bicyclic) bond motifs is 2. The van der Waals surface area contributed by atoms with Crippen molar-refractivity contribution in [3.05, 3.63) is 65.4 Å². The van der Waals surface area contributed by atoms with Crippen molar-refractivity contribution in [3.63, 3.8) is 0 Å². The maximum atomic E-state index is 13.5. The summed E-state index contributed by atoms with van der Waals surface area (Å²) in [7, 11) is 0. The van der Waals surface area contributed by atoms with Crippen LogP contribution in [0.4, 0.5) is 0 Å². The number of carbonyl (C=O) groups excluding carboxylic acids is 2. The van der Waals surface area contributed by atoms with Crippen molar-refractivity contribution in [2.24, 2.45) is 11.8 Å². The Morgan fingerprint density at radius 1 is 0.692 bits per heavy atom. The summed E-state index contributed by atoms with van der Waals surface area (Å²) in [5, 5.41) is 0.943. The van der Waals surface area contributed by atoms with E-state index in [0.29, 0.717) is 47.1 Å². The van der Waals surface area contributed by atoms with Crippen molar-refractivity contribution in [2.45, 2.75) is 83.0 Å². The van der Waals surface area contributed by atoms with Crippen LogP contribution in [0.25, 0.3) is 10.9 Å². The Morgan fingerprint density at radius 2 is 1.36 bits per heavy atom. The summed E-state index contributed by atoms with van der Waals surface area (Å²) in [6, 6.07) is 14.9. The number of hydrogen-bond donors (Lipinski definition) is 0. The van der Waals surface area contributed by atoms with E-state index in [0.717, 1.165) is 30.1 Å². The zero-order chi connectivity index (χ0) is 26.6. The monoisotopic (exact) mass is 525 g/mol. The molecule has 0 radical (unpaired) electrons. The Morgan fingerprint density at radius 3 is 2.08 bits per heavy atom. The van der Waals surface area contributed by atoms with Gasteiger partial charge in [0.1, 0.15) is 22.9 Å². The molecule has 5 heteroatoms. The van der Waals surface area contributed by atoms with Gasteiger partial charge in [0.25, 0.3) is 0 Å². The molecule has 0 amide bonds. The molecule has 0 bridgehead atoms. The quantitative estimate of drug-likeness (QED) is 0.264. The molecular formula is C34H39NO4. The van der Waals surface area contributed by atoms with Crippen molar-refractivity contribution in [1.29, 1.82) is 0 Å². The number of nitrogens with zero attached hydrogens (tertiary/aromatic N) is 1. The number of Topliss-reactive ketones (excluding diaryl/α,β-unsaturated/α-hetero) is 2. The maximum Gasteiger partial charge on any atom is 0.180 e. The SMILES string of the molecule is O=C1c2ccc(OCCC3CCCCC3)cc2C(=O)C1c1ccc2cccc(OCCC3CCCCC3)c2n1. The fourth-order valence-corrected chi connectivity index (χ4v) is 6.77. The van der Waals surface area contributed by atoms with Gasteiger partial charge in [0, 0.05) is 16.5 Å². The van der Waals surface area contributed by atoms with Gasteiger partial charge in [-0.15, -0.1) is 0 Å². The molecule has 3 aliphatic rings. The molecule has 2 saturated carbocycles. The van der Waals surface area contributed by atoms with Gasteiger partial charge in [-0.25, -0.2) is 4.98 Å². The number of hydrogen-bond acceptors (Lipinski definition) is 5. The van der Waals surface area contributed by atoms with E-state index in [1.807, 2.05) is 36.4 Å². The van der Waals surface area contributed by atoms with Crippen LogP contribution in [-0.2, 0) is 0 Å². The van der Waals surface area contributed by atoms with Crippen LogP contribution in [0.5, 0.6) is 11.5 Å². The summed E-state index contributed by atoms with van der Waals surface area (Å²) in [6.07, 6.45) is 15.2. The lowest BCUT2D eigenvalue weighted by atomic mass is 9.87. The average Bonchev–Trinajstić information content (AvgIpc) is 3.23. The Labute approximate surface area is 231 Å². The molecule has 2 aromatic carbocycles. The molecule has 1 heterocycles. The number of ether oxygens (including phenoxy) is 2. The predicted octanol–water partition coefficient (Wildman–Crippen LogP) is 8.10. The number of pyridine rings is 1. The van der Waals surface area contributed by atoms with E-state index in [9.17, 15) is 9.59 Å². The van der Waals surface area contributed by atoms with Gasteiger partial charge < -0.3 is 9.47 Å². The number of carbonyl (C=O) groups is 2.